The summed E-state index contributed by atoms with van der Waals surface area (Å²) < 4.78 is 43.0. The van der Waals surface area contributed by atoms with Gasteiger partial charge in [-0.2, -0.15) is 4.31 Å². The number of ether oxygens (including phenoxy) is 3. The topological polar surface area (TPSA) is 90.0 Å². The van der Waals surface area contributed by atoms with Crippen molar-refractivity contribution in [3.63, 3.8) is 0 Å². The van der Waals surface area contributed by atoms with Crippen molar-refractivity contribution < 1.29 is 22.6 Å². The third-order valence-electron chi connectivity index (χ3n) is 4.92. The summed E-state index contributed by atoms with van der Waals surface area (Å²) in [7, 11) is -0.374. The van der Waals surface area contributed by atoms with Crippen LogP contribution in [0.15, 0.2) is 53.4 Å². The van der Waals surface area contributed by atoms with Crippen molar-refractivity contribution in [2.75, 3.05) is 45.8 Å². The van der Waals surface area contributed by atoms with Gasteiger partial charge in [-0.1, -0.05) is 0 Å². The van der Waals surface area contributed by atoms with Gasteiger partial charge in [-0.05, 0) is 42.5 Å². The van der Waals surface area contributed by atoms with Crippen molar-refractivity contribution >= 4 is 32.4 Å². The van der Waals surface area contributed by atoms with Gasteiger partial charge < -0.3 is 19.5 Å². The molecule has 1 saturated heterocycles. The van der Waals surface area contributed by atoms with Crippen LogP contribution in [-0.4, -0.2) is 58.2 Å². The van der Waals surface area contributed by atoms with Crippen LogP contribution in [0.4, 0.5) is 11.5 Å². The van der Waals surface area contributed by atoms with E-state index in [0.29, 0.717) is 49.1 Å². The molecule has 0 unspecified atom stereocenters. The van der Waals surface area contributed by atoms with Gasteiger partial charge in [0, 0.05) is 30.2 Å². The number of methoxy groups -OCH3 is 2. The second-order valence-electron chi connectivity index (χ2n) is 6.76. The predicted octanol–water partition coefficient (Wildman–Crippen LogP) is 3.02. The maximum Gasteiger partial charge on any atom is 0.243 e. The second-order valence-corrected chi connectivity index (χ2v) is 8.70. The van der Waals surface area contributed by atoms with E-state index in [1.807, 2.05) is 30.3 Å². The van der Waals surface area contributed by atoms with Crippen LogP contribution in [0.25, 0.3) is 10.9 Å². The monoisotopic (exact) mass is 429 g/mol. The molecule has 0 radical (unpaired) electrons. The highest BCUT2D eigenvalue weighted by Crippen LogP contribution is 2.31. The summed E-state index contributed by atoms with van der Waals surface area (Å²) in [6.45, 7) is 1.57. The number of nitrogens with one attached hydrogen (secondary N) is 1. The first-order chi connectivity index (χ1) is 14.5. The van der Waals surface area contributed by atoms with Crippen LogP contribution in [0, 0.1) is 0 Å². The highest BCUT2D eigenvalue weighted by molar-refractivity contribution is 7.89. The first-order valence-electron chi connectivity index (χ1n) is 9.49. The average Bonchev–Trinajstić information content (AvgIpc) is 2.79. The smallest absolute Gasteiger partial charge is 0.243 e. The molecule has 0 spiro atoms. The van der Waals surface area contributed by atoms with Gasteiger partial charge in [-0.3, -0.25) is 0 Å². The number of hydrogen-bond acceptors (Lipinski definition) is 7. The third kappa shape index (κ3) is 4.04. The van der Waals surface area contributed by atoms with Crippen molar-refractivity contribution in [1.29, 1.82) is 0 Å². The van der Waals surface area contributed by atoms with Gasteiger partial charge in [0.05, 0.1) is 37.8 Å². The molecule has 0 atom stereocenters. The standard InChI is InChI=1S/C21H23N3O5S/c1-27-19-7-4-16(14-20(19)28-2)22-21-8-3-15-13-17(5-6-18(15)23-21)30(25,26)24-9-11-29-12-10-24/h3-8,13-14H,9-12H2,1-2H3,(H,22,23). The normalized spacial score (nSPS) is 15.1. The highest BCUT2D eigenvalue weighted by Gasteiger charge is 2.26. The zero-order valence-corrected chi connectivity index (χ0v) is 17.6. The molecule has 0 saturated carbocycles. The zero-order valence-electron chi connectivity index (χ0n) is 16.8. The number of anilines is 2. The Morgan fingerprint density at radius 1 is 0.967 bits per heavy atom. The summed E-state index contributed by atoms with van der Waals surface area (Å²) in [6.07, 6.45) is 0. The Kier molecular flexibility index (Phi) is 5.76. The van der Waals surface area contributed by atoms with E-state index in [-0.39, 0.29) is 4.90 Å². The van der Waals surface area contributed by atoms with Crippen LogP contribution >= 0.6 is 0 Å². The fraction of sp³-hybridized carbons (Fsp3) is 0.286. The summed E-state index contributed by atoms with van der Waals surface area (Å²) in [4.78, 5) is 4.86. The molecule has 0 amide bonds. The molecule has 9 heteroatoms. The maximum atomic E-state index is 12.9. The van der Waals surface area contributed by atoms with Gasteiger partial charge in [-0.25, -0.2) is 13.4 Å². The van der Waals surface area contributed by atoms with E-state index < -0.39 is 10.0 Å². The van der Waals surface area contributed by atoms with E-state index in [1.54, 1.807) is 32.4 Å². The molecule has 1 fully saturated rings. The predicted molar refractivity (Wildman–Crippen MR) is 114 cm³/mol. The molecule has 1 aliphatic rings. The fourth-order valence-electron chi connectivity index (χ4n) is 3.33. The Hall–Kier alpha value is -2.88. The minimum atomic E-state index is -3.54. The number of fused-ring (bicyclic) bond motifs is 1. The summed E-state index contributed by atoms with van der Waals surface area (Å²) >= 11 is 0. The number of hydrogen-bond donors (Lipinski definition) is 1. The molecule has 2 aromatic carbocycles. The zero-order chi connectivity index (χ0) is 21.1. The Balaban J connectivity index is 1.59. The summed E-state index contributed by atoms with van der Waals surface area (Å²) in [5.74, 6) is 1.89. The lowest BCUT2D eigenvalue weighted by molar-refractivity contribution is 0.0730. The van der Waals surface area contributed by atoms with E-state index in [4.69, 9.17) is 14.2 Å². The van der Waals surface area contributed by atoms with Gasteiger partial charge in [0.15, 0.2) is 11.5 Å². The van der Waals surface area contributed by atoms with Crippen molar-refractivity contribution in [2.45, 2.75) is 4.90 Å². The Labute approximate surface area is 175 Å². The van der Waals surface area contributed by atoms with E-state index in [2.05, 4.69) is 10.3 Å². The molecule has 0 aliphatic carbocycles. The molecule has 4 rings (SSSR count). The van der Waals surface area contributed by atoms with Crippen molar-refractivity contribution in [2.24, 2.45) is 0 Å². The number of rotatable bonds is 6. The minimum Gasteiger partial charge on any atom is -0.493 e. The quantitative estimate of drug-likeness (QED) is 0.644. The van der Waals surface area contributed by atoms with Crippen molar-refractivity contribution in [1.82, 2.24) is 9.29 Å². The van der Waals surface area contributed by atoms with E-state index in [0.717, 1.165) is 11.1 Å². The van der Waals surface area contributed by atoms with Gasteiger partial charge in [0.25, 0.3) is 0 Å². The molecule has 1 N–H and O–H groups in total. The van der Waals surface area contributed by atoms with E-state index in [1.165, 1.54) is 4.31 Å². The van der Waals surface area contributed by atoms with Crippen molar-refractivity contribution in [3.8, 4) is 11.5 Å². The van der Waals surface area contributed by atoms with Crippen molar-refractivity contribution in [3.05, 3.63) is 48.5 Å². The number of nitrogens with zero attached hydrogens (tertiary/aromatic N) is 2. The van der Waals surface area contributed by atoms with E-state index >= 15 is 0 Å². The van der Waals surface area contributed by atoms with Gasteiger partial charge >= 0.3 is 0 Å². The Morgan fingerprint density at radius 2 is 1.73 bits per heavy atom. The number of aromatic nitrogens is 1. The molecule has 158 valence electrons. The highest BCUT2D eigenvalue weighted by atomic mass is 32.2. The molecule has 30 heavy (non-hydrogen) atoms. The van der Waals surface area contributed by atoms with Crippen LogP contribution in [-0.2, 0) is 14.8 Å². The average molecular weight is 429 g/mol. The lowest BCUT2D eigenvalue weighted by Gasteiger charge is -2.26. The van der Waals surface area contributed by atoms with E-state index in [9.17, 15) is 8.42 Å². The number of pyridine rings is 1. The lowest BCUT2D eigenvalue weighted by Crippen LogP contribution is -2.40. The Bertz CT molecular complexity index is 1160. The SMILES string of the molecule is COc1ccc(Nc2ccc3cc(S(=O)(=O)N4CCOCC4)ccc3n2)cc1OC. The first-order valence-corrected chi connectivity index (χ1v) is 10.9. The fourth-order valence-corrected chi connectivity index (χ4v) is 4.78. The van der Waals surface area contributed by atoms with Crippen LogP contribution < -0.4 is 14.8 Å². The molecule has 0 bridgehead atoms. The lowest BCUT2D eigenvalue weighted by atomic mass is 10.2. The molecular weight excluding hydrogens is 406 g/mol. The minimum absolute atomic E-state index is 0.263. The number of benzene rings is 2. The molecule has 1 aromatic heterocycles. The second kappa shape index (κ2) is 8.47. The summed E-state index contributed by atoms with van der Waals surface area (Å²) in [5.41, 5.74) is 1.49. The molecular formula is C21H23N3O5S. The molecule has 8 nitrogen and oxygen atoms in total. The summed E-state index contributed by atoms with van der Waals surface area (Å²) in [5, 5.41) is 3.98. The van der Waals surface area contributed by atoms with Gasteiger partial charge in [0.2, 0.25) is 10.0 Å². The molecule has 1 aliphatic heterocycles. The molecule has 3 aromatic rings. The summed E-state index contributed by atoms with van der Waals surface area (Å²) in [6, 6.07) is 14.1. The van der Waals surface area contributed by atoms with Crippen LogP contribution in [0.2, 0.25) is 0 Å². The van der Waals surface area contributed by atoms with Gasteiger partial charge in [-0.15, -0.1) is 0 Å². The molecule has 2 heterocycles. The largest absolute Gasteiger partial charge is 0.493 e. The maximum absolute atomic E-state index is 12.9. The Morgan fingerprint density at radius 3 is 2.47 bits per heavy atom. The van der Waals surface area contributed by atoms with Crippen LogP contribution in [0.5, 0.6) is 11.5 Å². The third-order valence-corrected chi connectivity index (χ3v) is 6.82. The van der Waals surface area contributed by atoms with Crippen LogP contribution in [0.3, 0.4) is 0 Å². The number of sulfonamides is 1. The first kappa shape index (κ1) is 20.4. The van der Waals surface area contributed by atoms with Crippen LogP contribution in [0.1, 0.15) is 0 Å². The number of morpholine rings is 1. The van der Waals surface area contributed by atoms with Gasteiger partial charge in [0.1, 0.15) is 5.82 Å².